The predicted octanol–water partition coefficient (Wildman–Crippen LogP) is 4.32. The minimum absolute atomic E-state index is 0.0967. The van der Waals surface area contributed by atoms with E-state index in [-0.39, 0.29) is 6.54 Å². The van der Waals surface area contributed by atoms with Crippen LogP contribution in [0.1, 0.15) is 18.1 Å². The molecular formula is C18H18ClF3N2O3S. The number of aryl methyl sites for hydroxylation is 1. The summed E-state index contributed by atoms with van der Waals surface area (Å²) in [5.41, 5.74) is 0.0650. The lowest BCUT2D eigenvalue weighted by molar-refractivity contribution is -0.137. The SMILES string of the molecule is CCN(CC(=O)Nc1cc(Cl)ccc1C)S(=O)(=O)c1cccc(C(F)(F)F)c1. The molecular weight excluding hydrogens is 417 g/mol. The zero-order valence-corrected chi connectivity index (χ0v) is 16.6. The molecule has 0 bridgehead atoms. The van der Waals surface area contributed by atoms with Gasteiger partial charge in [-0.2, -0.15) is 17.5 Å². The van der Waals surface area contributed by atoms with Crippen LogP contribution in [0.25, 0.3) is 0 Å². The van der Waals surface area contributed by atoms with Crippen molar-refractivity contribution in [1.82, 2.24) is 4.31 Å². The fraction of sp³-hybridized carbons (Fsp3) is 0.278. The first-order valence-corrected chi connectivity index (χ1v) is 10.0. The summed E-state index contributed by atoms with van der Waals surface area (Å²) in [4.78, 5) is 11.8. The third kappa shape index (κ3) is 5.24. The van der Waals surface area contributed by atoms with Crippen LogP contribution in [0.4, 0.5) is 18.9 Å². The topological polar surface area (TPSA) is 66.5 Å². The number of amides is 1. The summed E-state index contributed by atoms with van der Waals surface area (Å²) >= 11 is 5.89. The van der Waals surface area contributed by atoms with Gasteiger partial charge in [-0.05, 0) is 42.8 Å². The highest BCUT2D eigenvalue weighted by Gasteiger charge is 2.33. The van der Waals surface area contributed by atoms with E-state index in [1.54, 1.807) is 19.1 Å². The van der Waals surface area contributed by atoms with Crippen LogP contribution < -0.4 is 5.32 Å². The van der Waals surface area contributed by atoms with Gasteiger partial charge in [0.05, 0.1) is 17.0 Å². The van der Waals surface area contributed by atoms with Crippen molar-refractivity contribution < 1.29 is 26.4 Å². The van der Waals surface area contributed by atoms with Gasteiger partial charge in [-0.15, -0.1) is 0 Å². The molecule has 2 rings (SSSR count). The van der Waals surface area contributed by atoms with Crippen LogP contribution in [0, 0.1) is 6.92 Å². The maximum Gasteiger partial charge on any atom is 0.416 e. The quantitative estimate of drug-likeness (QED) is 0.736. The highest BCUT2D eigenvalue weighted by atomic mass is 35.5. The van der Waals surface area contributed by atoms with Crippen molar-refractivity contribution in [3.05, 3.63) is 58.6 Å². The molecule has 0 aliphatic carbocycles. The Morgan fingerprint density at radius 2 is 1.86 bits per heavy atom. The molecule has 5 nitrogen and oxygen atoms in total. The summed E-state index contributed by atoms with van der Waals surface area (Å²) in [6, 6.07) is 8.26. The number of nitrogens with one attached hydrogen (secondary N) is 1. The normalized spacial score (nSPS) is 12.2. The van der Waals surface area contributed by atoms with Crippen molar-refractivity contribution in [2.75, 3.05) is 18.4 Å². The number of hydrogen-bond donors (Lipinski definition) is 1. The smallest absolute Gasteiger partial charge is 0.325 e. The number of alkyl halides is 3. The van der Waals surface area contributed by atoms with Gasteiger partial charge >= 0.3 is 6.18 Å². The Labute approximate surface area is 166 Å². The molecule has 0 atom stereocenters. The van der Waals surface area contributed by atoms with Gasteiger partial charge in [-0.1, -0.05) is 30.7 Å². The number of anilines is 1. The molecule has 152 valence electrons. The molecule has 0 aliphatic heterocycles. The Morgan fingerprint density at radius 3 is 2.46 bits per heavy atom. The van der Waals surface area contributed by atoms with E-state index in [0.29, 0.717) is 16.8 Å². The average Bonchev–Trinajstić information content (AvgIpc) is 2.62. The van der Waals surface area contributed by atoms with Crippen molar-refractivity contribution in [3.8, 4) is 0 Å². The monoisotopic (exact) mass is 434 g/mol. The van der Waals surface area contributed by atoms with Crippen LogP contribution in [0.15, 0.2) is 47.4 Å². The van der Waals surface area contributed by atoms with Crippen LogP contribution in [0.2, 0.25) is 5.02 Å². The van der Waals surface area contributed by atoms with Gasteiger partial charge in [0, 0.05) is 17.3 Å². The summed E-state index contributed by atoms with van der Waals surface area (Å²) in [5, 5.41) is 2.96. The first kappa shape index (κ1) is 22.2. The van der Waals surface area contributed by atoms with Crippen molar-refractivity contribution in [2.24, 2.45) is 0 Å². The van der Waals surface area contributed by atoms with Crippen LogP contribution in [0.3, 0.4) is 0 Å². The molecule has 0 saturated carbocycles. The number of benzene rings is 2. The largest absolute Gasteiger partial charge is 0.416 e. The molecule has 0 spiro atoms. The minimum atomic E-state index is -4.68. The van der Waals surface area contributed by atoms with E-state index in [1.165, 1.54) is 13.0 Å². The van der Waals surface area contributed by atoms with Gasteiger partial charge in [-0.25, -0.2) is 8.42 Å². The lowest BCUT2D eigenvalue weighted by Crippen LogP contribution is -2.38. The molecule has 0 fully saturated rings. The third-order valence-corrected chi connectivity index (χ3v) is 6.10. The highest BCUT2D eigenvalue weighted by molar-refractivity contribution is 7.89. The molecule has 1 amide bonds. The molecule has 1 N–H and O–H groups in total. The van der Waals surface area contributed by atoms with Gasteiger partial charge < -0.3 is 5.32 Å². The fourth-order valence-corrected chi connectivity index (χ4v) is 4.05. The lowest BCUT2D eigenvalue weighted by Gasteiger charge is -2.21. The number of carbonyl (C=O) groups is 1. The van der Waals surface area contributed by atoms with Gasteiger partial charge in [0.1, 0.15) is 0 Å². The second kappa shape index (κ2) is 8.50. The average molecular weight is 435 g/mol. The highest BCUT2D eigenvalue weighted by Crippen LogP contribution is 2.31. The Balaban J connectivity index is 2.24. The minimum Gasteiger partial charge on any atom is -0.325 e. The van der Waals surface area contributed by atoms with Crippen LogP contribution in [0.5, 0.6) is 0 Å². The number of carbonyl (C=O) groups excluding carboxylic acids is 1. The van der Waals surface area contributed by atoms with E-state index in [1.807, 2.05) is 0 Å². The Bertz CT molecular complexity index is 978. The van der Waals surface area contributed by atoms with E-state index in [9.17, 15) is 26.4 Å². The van der Waals surface area contributed by atoms with Gasteiger partial charge in [-0.3, -0.25) is 4.79 Å². The summed E-state index contributed by atoms with van der Waals surface area (Å²) in [6.07, 6.45) is -4.68. The Hall–Kier alpha value is -2.10. The van der Waals surface area contributed by atoms with Crippen LogP contribution in [-0.4, -0.2) is 31.7 Å². The first-order chi connectivity index (χ1) is 12.9. The maximum absolute atomic E-state index is 12.9. The number of rotatable bonds is 6. The number of halogens is 4. The zero-order chi connectivity index (χ0) is 21.1. The zero-order valence-electron chi connectivity index (χ0n) is 15.0. The van der Waals surface area contributed by atoms with Crippen molar-refractivity contribution >= 4 is 33.2 Å². The summed E-state index contributed by atoms with van der Waals surface area (Å²) in [6.45, 7) is 2.58. The lowest BCUT2D eigenvalue weighted by atomic mass is 10.2. The molecule has 0 saturated heterocycles. The van der Waals surface area contributed by atoms with Crippen molar-refractivity contribution in [1.29, 1.82) is 0 Å². The number of nitrogens with zero attached hydrogens (tertiary/aromatic N) is 1. The van der Waals surface area contributed by atoms with Crippen molar-refractivity contribution in [2.45, 2.75) is 24.9 Å². The summed E-state index contributed by atoms with van der Waals surface area (Å²) < 4.78 is 64.9. The Morgan fingerprint density at radius 1 is 1.18 bits per heavy atom. The molecule has 0 unspecified atom stereocenters. The van der Waals surface area contributed by atoms with Crippen LogP contribution in [-0.2, 0) is 21.0 Å². The molecule has 10 heteroatoms. The van der Waals surface area contributed by atoms with E-state index >= 15 is 0 Å². The van der Waals surface area contributed by atoms with Gasteiger partial charge in [0.25, 0.3) is 0 Å². The maximum atomic E-state index is 12.9. The van der Waals surface area contributed by atoms with E-state index in [4.69, 9.17) is 11.6 Å². The first-order valence-electron chi connectivity index (χ1n) is 8.18. The molecule has 2 aromatic rings. The second-order valence-corrected chi connectivity index (χ2v) is 8.34. The number of likely N-dealkylation sites (N-methyl/N-ethyl adjacent to an activating group) is 1. The van der Waals surface area contributed by atoms with Crippen LogP contribution >= 0.6 is 11.6 Å². The van der Waals surface area contributed by atoms with E-state index in [0.717, 1.165) is 28.1 Å². The fourth-order valence-electron chi connectivity index (χ4n) is 2.43. The van der Waals surface area contributed by atoms with Gasteiger partial charge in [0.15, 0.2) is 0 Å². The Kier molecular flexibility index (Phi) is 6.74. The molecule has 28 heavy (non-hydrogen) atoms. The molecule has 0 aliphatic rings. The molecule has 0 radical (unpaired) electrons. The number of sulfonamides is 1. The summed E-state index contributed by atoms with van der Waals surface area (Å²) in [7, 11) is -4.29. The number of hydrogen-bond acceptors (Lipinski definition) is 3. The van der Waals surface area contributed by atoms with E-state index < -0.39 is 39.1 Å². The predicted molar refractivity (Wildman–Crippen MR) is 101 cm³/mol. The molecule has 0 heterocycles. The summed E-state index contributed by atoms with van der Waals surface area (Å²) in [5.74, 6) is -0.636. The molecule has 2 aromatic carbocycles. The van der Waals surface area contributed by atoms with Crippen molar-refractivity contribution in [3.63, 3.8) is 0 Å². The van der Waals surface area contributed by atoms with Gasteiger partial charge in [0.2, 0.25) is 15.9 Å². The second-order valence-electron chi connectivity index (χ2n) is 5.96. The standard InChI is InChI=1S/C18H18ClF3N2O3S/c1-3-24(11-17(25)23-16-10-14(19)8-7-12(16)2)28(26,27)15-6-4-5-13(9-15)18(20,21)22/h4-10H,3,11H2,1-2H3,(H,23,25). The van der Waals surface area contributed by atoms with E-state index in [2.05, 4.69) is 5.32 Å². The third-order valence-electron chi connectivity index (χ3n) is 3.95. The molecule has 0 aromatic heterocycles.